The van der Waals surface area contributed by atoms with E-state index < -0.39 is 0 Å². The minimum Gasteiger partial charge on any atom is -0.390 e. The molecule has 4 nitrogen and oxygen atoms in total. The summed E-state index contributed by atoms with van der Waals surface area (Å²) in [6.45, 7) is 2.23. The summed E-state index contributed by atoms with van der Waals surface area (Å²) in [5.41, 5.74) is 1.96. The van der Waals surface area contributed by atoms with Crippen LogP contribution in [0.25, 0.3) is 0 Å². The van der Waals surface area contributed by atoms with E-state index in [9.17, 15) is 5.11 Å². The second-order valence-electron chi connectivity index (χ2n) is 5.45. The van der Waals surface area contributed by atoms with Gasteiger partial charge in [-0.2, -0.15) is 0 Å². The monoisotopic (exact) mass is 247 g/mol. The smallest absolute Gasteiger partial charge is 0.0853 e. The first-order valence-corrected chi connectivity index (χ1v) is 6.80. The van der Waals surface area contributed by atoms with Gasteiger partial charge in [0.05, 0.1) is 12.3 Å². The van der Waals surface area contributed by atoms with Crippen molar-refractivity contribution in [1.82, 2.24) is 9.88 Å². The molecule has 2 atom stereocenters. The molecule has 1 aromatic rings. The summed E-state index contributed by atoms with van der Waals surface area (Å²) in [5.74, 6) is 0. The van der Waals surface area contributed by atoms with Crippen LogP contribution in [0.4, 0.5) is 5.69 Å². The van der Waals surface area contributed by atoms with Crippen molar-refractivity contribution in [2.24, 2.45) is 0 Å². The maximum atomic E-state index is 9.17. The number of aromatic nitrogens is 1. The standard InChI is InChI=1S/C14H21N3O/c1-16-12-2-3-14(16)9-17(7-5-12)13-4-6-15-11(8-13)10-18/h4,6,8,12,14,18H,2-3,5,7,9-10H2,1H3. The Kier molecular flexibility index (Phi) is 3.22. The van der Waals surface area contributed by atoms with Crippen LogP contribution >= 0.6 is 0 Å². The molecule has 4 heteroatoms. The van der Waals surface area contributed by atoms with Gasteiger partial charge in [-0.05, 0) is 38.4 Å². The number of likely N-dealkylation sites (N-methyl/N-ethyl adjacent to an activating group) is 1. The van der Waals surface area contributed by atoms with Gasteiger partial charge in [-0.1, -0.05) is 0 Å². The van der Waals surface area contributed by atoms with Crippen molar-refractivity contribution in [3.63, 3.8) is 0 Å². The zero-order valence-electron chi connectivity index (χ0n) is 10.9. The molecule has 18 heavy (non-hydrogen) atoms. The van der Waals surface area contributed by atoms with Gasteiger partial charge in [0.1, 0.15) is 0 Å². The summed E-state index contributed by atoms with van der Waals surface area (Å²) < 4.78 is 0. The zero-order chi connectivity index (χ0) is 12.5. The third-order valence-electron chi connectivity index (χ3n) is 4.48. The average Bonchev–Trinajstić information content (AvgIpc) is 2.63. The van der Waals surface area contributed by atoms with Crippen LogP contribution in [0, 0.1) is 0 Å². The van der Waals surface area contributed by atoms with E-state index in [1.165, 1.54) is 24.9 Å². The first-order valence-electron chi connectivity index (χ1n) is 6.80. The first kappa shape index (κ1) is 11.9. The fourth-order valence-electron chi connectivity index (χ4n) is 3.29. The first-order chi connectivity index (χ1) is 8.78. The van der Waals surface area contributed by atoms with Crippen molar-refractivity contribution in [1.29, 1.82) is 0 Å². The van der Waals surface area contributed by atoms with E-state index in [0.29, 0.717) is 6.04 Å². The third kappa shape index (κ3) is 2.10. The summed E-state index contributed by atoms with van der Waals surface area (Å²) >= 11 is 0. The van der Waals surface area contributed by atoms with Crippen LogP contribution in [0.15, 0.2) is 18.3 Å². The molecule has 0 radical (unpaired) electrons. The van der Waals surface area contributed by atoms with Gasteiger partial charge in [-0.3, -0.25) is 9.88 Å². The lowest BCUT2D eigenvalue weighted by atomic mass is 10.1. The van der Waals surface area contributed by atoms with Crippen molar-refractivity contribution in [2.75, 3.05) is 25.0 Å². The maximum Gasteiger partial charge on any atom is 0.0853 e. The number of aliphatic hydroxyl groups is 1. The molecule has 2 unspecified atom stereocenters. The molecular weight excluding hydrogens is 226 g/mol. The number of anilines is 1. The Bertz CT molecular complexity index is 423. The Hall–Kier alpha value is -1.13. The molecule has 0 amide bonds. The summed E-state index contributed by atoms with van der Waals surface area (Å²) in [4.78, 5) is 9.15. The van der Waals surface area contributed by atoms with Gasteiger partial charge in [0, 0.05) is 37.1 Å². The van der Waals surface area contributed by atoms with Crippen LogP contribution in [0.5, 0.6) is 0 Å². The molecule has 2 fully saturated rings. The van der Waals surface area contributed by atoms with Gasteiger partial charge >= 0.3 is 0 Å². The Morgan fingerprint density at radius 2 is 2.17 bits per heavy atom. The van der Waals surface area contributed by atoms with Crippen molar-refractivity contribution >= 4 is 5.69 Å². The van der Waals surface area contributed by atoms with Crippen molar-refractivity contribution in [3.8, 4) is 0 Å². The highest BCUT2D eigenvalue weighted by atomic mass is 16.3. The van der Waals surface area contributed by atoms with Crippen LogP contribution in [-0.4, -0.2) is 47.2 Å². The number of rotatable bonds is 2. The number of hydrogen-bond acceptors (Lipinski definition) is 4. The van der Waals surface area contributed by atoms with Crippen molar-refractivity contribution in [3.05, 3.63) is 24.0 Å². The maximum absolute atomic E-state index is 9.17. The Morgan fingerprint density at radius 1 is 1.33 bits per heavy atom. The van der Waals surface area contributed by atoms with Crippen LogP contribution in [0.2, 0.25) is 0 Å². The summed E-state index contributed by atoms with van der Waals surface area (Å²) in [7, 11) is 2.26. The molecule has 98 valence electrons. The molecule has 2 saturated heterocycles. The Morgan fingerprint density at radius 3 is 3.00 bits per heavy atom. The fourth-order valence-corrected chi connectivity index (χ4v) is 3.29. The molecule has 2 aliphatic rings. The molecule has 1 aromatic heterocycles. The fraction of sp³-hybridized carbons (Fsp3) is 0.643. The van der Waals surface area contributed by atoms with Gasteiger partial charge in [-0.25, -0.2) is 0 Å². The summed E-state index contributed by atoms with van der Waals surface area (Å²) in [6.07, 6.45) is 5.71. The SMILES string of the molecule is CN1C2CCC1CN(c1ccnc(CO)c1)CC2. The van der Waals surface area contributed by atoms with Gasteiger partial charge in [0.2, 0.25) is 0 Å². The number of pyridine rings is 1. The highest BCUT2D eigenvalue weighted by Gasteiger charge is 2.34. The van der Waals surface area contributed by atoms with E-state index in [-0.39, 0.29) is 6.61 Å². The lowest BCUT2D eigenvalue weighted by molar-refractivity contribution is 0.254. The highest BCUT2D eigenvalue weighted by molar-refractivity contribution is 5.47. The van der Waals surface area contributed by atoms with E-state index in [2.05, 4.69) is 27.9 Å². The van der Waals surface area contributed by atoms with Crippen molar-refractivity contribution in [2.45, 2.75) is 38.0 Å². The normalized spacial score (nSPS) is 28.4. The second kappa shape index (κ2) is 4.86. The number of aliphatic hydroxyl groups excluding tert-OH is 1. The number of nitrogens with zero attached hydrogens (tertiary/aromatic N) is 3. The zero-order valence-corrected chi connectivity index (χ0v) is 10.9. The molecule has 2 bridgehead atoms. The van der Waals surface area contributed by atoms with E-state index in [1.54, 1.807) is 6.20 Å². The lowest BCUT2D eigenvalue weighted by Gasteiger charge is -2.27. The predicted octanol–water partition coefficient (Wildman–Crippen LogP) is 1.25. The quantitative estimate of drug-likeness (QED) is 0.853. The van der Waals surface area contributed by atoms with Gasteiger partial charge in [0.25, 0.3) is 0 Å². The van der Waals surface area contributed by atoms with Crippen LogP contribution in [-0.2, 0) is 6.61 Å². The summed E-state index contributed by atoms with van der Waals surface area (Å²) in [6, 6.07) is 5.51. The number of hydrogen-bond donors (Lipinski definition) is 1. The van der Waals surface area contributed by atoms with Crippen LogP contribution in [0.3, 0.4) is 0 Å². The largest absolute Gasteiger partial charge is 0.390 e. The predicted molar refractivity (Wildman–Crippen MR) is 71.6 cm³/mol. The molecule has 0 aromatic carbocycles. The minimum absolute atomic E-state index is 0.0215. The summed E-state index contributed by atoms with van der Waals surface area (Å²) in [5, 5.41) is 9.17. The average molecular weight is 247 g/mol. The van der Waals surface area contributed by atoms with Crippen LogP contribution in [0.1, 0.15) is 25.0 Å². The van der Waals surface area contributed by atoms with Crippen LogP contribution < -0.4 is 4.90 Å². The Labute approximate surface area is 108 Å². The Balaban J connectivity index is 1.80. The topological polar surface area (TPSA) is 39.6 Å². The van der Waals surface area contributed by atoms with Gasteiger partial charge < -0.3 is 10.0 Å². The molecule has 0 aliphatic carbocycles. The molecule has 0 spiro atoms. The molecular formula is C14H21N3O. The van der Waals surface area contributed by atoms with Gasteiger partial charge in [0.15, 0.2) is 0 Å². The third-order valence-corrected chi connectivity index (χ3v) is 4.48. The lowest BCUT2D eigenvalue weighted by Crippen LogP contribution is -2.36. The molecule has 3 rings (SSSR count). The van der Waals surface area contributed by atoms with E-state index in [1.807, 2.05) is 6.07 Å². The number of fused-ring (bicyclic) bond motifs is 2. The highest BCUT2D eigenvalue weighted by Crippen LogP contribution is 2.30. The second-order valence-corrected chi connectivity index (χ2v) is 5.45. The van der Waals surface area contributed by atoms with E-state index >= 15 is 0 Å². The molecule has 1 N–H and O–H groups in total. The van der Waals surface area contributed by atoms with Gasteiger partial charge in [-0.15, -0.1) is 0 Å². The molecule has 3 heterocycles. The molecule has 0 saturated carbocycles. The van der Waals surface area contributed by atoms with E-state index in [0.717, 1.165) is 24.8 Å². The minimum atomic E-state index is 0.0215. The van der Waals surface area contributed by atoms with Crippen molar-refractivity contribution < 1.29 is 5.11 Å². The van der Waals surface area contributed by atoms with E-state index in [4.69, 9.17) is 0 Å². The molecule has 2 aliphatic heterocycles.